The summed E-state index contributed by atoms with van der Waals surface area (Å²) in [5.41, 5.74) is 6.46. The van der Waals surface area contributed by atoms with Crippen molar-refractivity contribution in [2.24, 2.45) is 0 Å². The fraction of sp³-hybridized carbons (Fsp3) is 0.483. The van der Waals surface area contributed by atoms with Gasteiger partial charge in [-0.05, 0) is 92.0 Å². The minimum absolute atomic E-state index is 0. The number of nitrogens with one attached hydrogen (secondary N) is 1. The third-order valence-electron chi connectivity index (χ3n) is 7.64. The van der Waals surface area contributed by atoms with Crippen LogP contribution in [-0.2, 0) is 4.74 Å². The van der Waals surface area contributed by atoms with Gasteiger partial charge >= 0.3 is 6.09 Å². The number of ether oxygens (including phenoxy) is 1. The number of fused-ring (bicyclic) bond motifs is 10. The van der Waals surface area contributed by atoms with Crippen LogP contribution in [-0.4, -0.2) is 42.8 Å². The largest absolute Gasteiger partial charge is 0.444 e. The van der Waals surface area contributed by atoms with Crippen LogP contribution in [0.1, 0.15) is 90.7 Å². The molecule has 7 heteroatoms. The van der Waals surface area contributed by atoms with Gasteiger partial charge in [0.05, 0.1) is 23.3 Å². The number of carbonyl (C=O) groups is 1. The molecule has 2 aromatic rings. The first-order chi connectivity index (χ1) is 16.8. The molecule has 2 aromatic carbocycles. The summed E-state index contributed by atoms with van der Waals surface area (Å²) in [6.45, 7) is 9.25. The van der Waals surface area contributed by atoms with Gasteiger partial charge in [0, 0.05) is 38.0 Å². The second-order valence-corrected chi connectivity index (χ2v) is 11.2. The zero-order valence-electron chi connectivity index (χ0n) is 21.1. The SMILES string of the molecule is CC(C)(C)OC(=O)N1CC2CC(C1)c1cc(C#N)ccc12.Cl.N#Cc1ccc2c(c1)C1CNCC2C1. The van der Waals surface area contributed by atoms with Crippen LogP contribution in [0.25, 0.3) is 0 Å². The van der Waals surface area contributed by atoms with E-state index in [9.17, 15) is 4.79 Å². The average molecular weight is 505 g/mol. The van der Waals surface area contributed by atoms with E-state index in [2.05, 4.69) is 35.7 Å². The topological polar surface area (TPSA) is 89.2 Å². The number of rotatable bonds is 0. The first-order valence-corrected chi connectivity index (χ1v) is 12.5. The van der Waals surface area contributed by atoms with Crippen molar-refractivity contribution in [2.45, 2.75) is 62.9 Å². The van der Waals surface area contributed by atoms with Crippen LogP contribution in [0.4, 0.5) is 4.79 Å². The van der Waals surface area contributed by atoms with Crippen molar-refractivity contribution < 1.29 is 9.53 Å². The number of hydrogen-bond donors (Lipinski definition) is 1. The van der Waals surface area contributed by atoms with Gasteiger partial charge < -0.3 is 15.0 Å². The Bertz CT molecular complexity index is 1240. The smallest absolute Gasteiger partial charge is 0.410 e. The summed E-state index contributed by atoms with van der Waals surface area (Å²) >= 11 is 0. The third kappa shape index (κ3) is 5.07. The van der Waals surface area contributed by atoms with E-state index in [0.717, 1.165) is 25.1 Å². The molecule has 188 valence electrons. The molecule has 4 unspecified atom stereocenters. The maximum Gasteiger partial charge on any atom is 0.410 e. The Labute approximate surface area is 219 Å². The van der Waals surface area contributed by atoms with Crippen LogP contribution in [0.15, 0.2) is 36.4 Å². The highest BCUT2D eigenvalue weighted by molar-refractivity contribution is 5.85. The fourth-order valence-electron chi connectivity index (χ4n) is 6.18. The Morgan fingerprint density at radius 3 is 1.89 bits per heavy atom. The summed E-state index contributed by atoms with van der Waals surface area (Å²) in [6, 6.07) is 16.5. The number of nitrogens with zero attached hydrogens (tertiary/aromatic N) is 3. The highest BCUT2D eigenvalue weighted by atomic mass is 35.5. The monoisotopic (exact) mass is 504 g/mol. The van der Waals surface area contributed by atoms with Gasteiger partial charge in [0.1, 0.15) is 5.60 Å². The molecule has 2 aliphatic heterocycles. The van der Waals surface area contributed by atoms with Crippen molar-refractivity contribution in [3.63, 3.8) is 0 Å². The molecule has 4 bridgehead atoms. The molecule has 0 aromatic heterocycles. The number of nitriles is 2. The quantitative estimate of drug-likeness (QED) is 0.509. The number of benzene rings is 2. The Kier molecular flexibility index (Phi) is 7.32. The Balaban J connectivity index is 0.000000176. The summed E-state index contributed by atoms with van der Waals surface area (Å²) < 4.78 is 5.48. The van der Waals surface area contributed by atoms with E-state index in [-0.39, 0.29) is 18.5 Å². The first-order valence-electron chi connectivity index (χ1n) is 12.5. The lowest BCUT2D eigenvalue weighted by molar-refractivity contribution is 0.0193. The third-order valence-corrected chi connectivity index (χ3v) is 7.64. The second-order valence-electron chi connectivity index (χ2n) is 11.2. The molecule has 0 radical (unpaired) electrons. The highest BCUT2D eigenvalue weighted by Crippen LogP contribution is 2.46. The van der Waals surface area contributed by atoms with Crippen LogP contribution in [0.5, 0.6) is 0 Å². The second kappa shape index (κ2) is 10.1. The Hall–Kier alpha value is -3.06. The van der Waals surface area contributed by atoms with Crippen LogP contribution >= 0.6 is 12.4 Å². The highest BCUT2D eigenvalue weighted by Gasteiger charge is 2.40. The van der Waals surface area contributed by atoms with E-state index in [0.29, 0.717) is 42.3 Å². The Morgan fingerprint density at radius 2 is 1.33 bits per heavy atom. The predicted molar refractivity (Wildman–Crippen MR) is 140 cm³/mol. The standard InChI is InChI=1S/C17H20N2O2.C12H12N2.ClH/c1-17(2,3)21-16(20)19-9-12-7-13(10-19)15-6-11(8-18)4-5-14(12)15;13-5-8-1-2-11-9-4-10(7-14-6-9)12(11)3-8;/h4-6,12-13H,7,9-10H2,1-3H3;1-3,9-10,14H,4,6-7H2;1H. The molecule has 2 heterocycles. The van der Waals surface area contributed by atoms with Gasteiger partial charge in [-0.25, -0.2) is 4.79 Å². The van der Waals surface area contributed by atoms with E-state index in [1.54, 1.807) is 0 Å². The molecule has 4 aliphatic rings. The molecule has 2 saturated heterocycles. The molecular weight excluding hydrogens is 472 g/mol. The Morgan fingerprint density at radius 1 is 0.861 bits per heavy atom. The lowest BCUT2D eigenvalue weighted by Crippen LogP contribution is -2.42. The van der Waals surface area contributed by atoms with Crippen LogP contribution in [0, 0.1) is 22.7 Å². The molecule has 1 amide bonds. The van der Waals surface area contributed by atoms with Gasteiger partial charge in [0.15, 0.2) is 0 Å². The van der Waals surface area contributed by atoms with Crippen LogP contribution < -0.4 is 5.32 Å². The lowest BCUT2D eigenvalue weighted by atomic mass is 9.96. The summed E-state index contributed by atoms with van der Waals surface area (Å²) in [6.07, 6.45) is 2.12. The molecule has 0 saturated carbocycles. The number of hydrogen-bond acceptors (Lipinski definition) is 5. The fourth-order valence-corrected chi connectivity index (χ4v) is 6.18. The van der Waals surface area contributed by atoms with Gasteiger partial charge in [0.25, 0.3) is 0 Å². The number of carbonyl (C=O) groups excluding carboxylic acids is 1. The van der Waals surface area contributed by atoms with E-state index in [4.69, 9.17) is 15.3 Å². The van der Waals surface area contributed by atoms with E-state index < -0.39 is 5.60 Å². The van der Waals surface area contributed by atoms with Crippen molar-refractivity contribution >= 4 is 18.5 Å². The minimum Gasteiger partial charge on any atom is -0.444 e. The number of likely N-dealkylation sites (tertiary alicyclic amines) is 1. The molecule has 2 fully saturated rings. The van der Waals surface area contributed by atoms with Crippen LogP contribution in [0.3, 0.4) is 0 Å². The molecule has 0 spiro atoms. The number of halogens is 1. The number of piperidine rings is 2. The van der Waals surface area contributed by atoms with Crippen molar-refractivity contribution in [1.82, 2.24) is 10.2 Å². The van der Waals surface area contributed by atoms with Crippen LogP contribution in [0.2, 0.25) is 0 Å². The molecule has 6 rings (SSSR count). The van der Waals surface area contributed by atoms with Crippen molar-refractivity contribution in [1.29, 1.82) is 10.5 Å². The van der Waals surface area contributed by atoms with Crippen molar-refractivity contribution in [2.75, 3.05) is 26.2 Å². The molecule has 6 nitrogen and oxygen atoms in total. The molecule has 1 N–H and O–H groups in total. The summed E-state index contributed by atoms with van der Waals surface area (Å²) in [7, 11) is 0. The summed E-state index contributed by atoms with van der Waals surface area (Å²) in [4.78, 5) is 14.1. The van der Waals surface area contributed by atoms with Gasteiger partial charge in [0.2, 0.25) is 0 Å². The maximum atomic E-state index is 12.3. The van der Waals surface area contributed by atoms with Gasteiger partial charge in [-0.2, -0.15) is 10.5 Å². The summed E-state index contributed by atoms with van der Waals surface area (Å²) in [5, 5.41) is 21.3. The molecule has 4 atom stereocenters. The predicted octanol–water partition coefficient (Wildman–Crippen LogP) is 5.53. The lowest BCUT2D eigenvalue weighted by Gasteiger charge is -2.33. The minimum atomic E-state index is -0.464. The van der Waals surface area contributed by atoms with Crippen molar-refractivity contribution in [3.8, 4) is 12.1 Å². The first kappa shape index (κ1) is 26.0. The van der Waals surface area contributed by atoms with Gasteiger partial charge in [-0.1, -0.05) is 12.1 Å². The van der Waals surface area contributed by atoms with Gasteiger partial charge in [-0.15, -0.1) is 12.4 Å². The van der Waals surface area contributed by atoms with Crippen molar-refractivity contribution in [3.05, 3.63) is 69.8 Å². The van der Waals surface area contributed by atoms with Gasteiger partial charge in [-0.3, -0.25) is 0 Å². The molecule has 2 aliphatic carbocycles. The maximum absolute atomic E-state index is 12.3. The van der Waals surface area contributed by atoms with E-state index >= 15 is 0 Å². The molecule has 36 heavy (non-hydrogen) atoms. The number of amides is 1. The molecular formula is C29H33ClN4O2. The van der Waals surface area contributed by atoms with E-state index in [1.165, 1.54) is 28.7 Å². The van der Waals surface area contributed by atoms with E-state index in [1.807, 2.05) is 43.9 Å². The summed E-state index contributed by atoms with van der Waals surface area (Å²) in [5.74, 6) is 2.05. The zero-order valence-corrected chi connectivity index (χ0v) is 21.9. The average Bonchev–Trinajstić information content (AvgIpc) is 3.25. The zero-order chi connectivity index (χ0) is 24.7. The normalized spacial score (nSPS) is 24.6.